The fourth-order valence-electron chi connectivity index (χ4n) is 2.00. The van der Waals surface area contributed by atoms with E-state index in [1.807, 2.05) is 6.92 Å². The molecule has 0 aromatic rings. The molecule has 2 amide bonds. The van der Waals surface area contributed by atoms with Crippen LogP contribution in [0, 0.1) is 0 Å². The molecule has 7 heteroatoms. The third-order valence-electron chi connectivity index (χ3n) is 3.11. The van der Waals surface area contributed by atoms with Crippen molar-refractivity contribution in [1.82, 2.24) is 9.80 Å². The van der Waals surface area contributed by atoms with Gasteiger partial charge in [-0.1, -0.05) is 13.3 Å². The van der Waals surface area contributed by atoms with E-state index < -0.39 is 6.04 Å². The lowest BCUT2D eigenvalue weighted by molar-refractivity contribution is -0.146. The van der Waals surface area contributed by atoms with E-state index in [0.29, 0.717) is 32.7 Å². The Balaban J connectivity index is 0.00000324. The molecule has 6 nitrogen and oxygen atoms in total. The topological polar surface area (TPSA) is 75.9 Å². The van der Waals surface area contributed by atoms with Crippen LogP contribution < -0.4 is 5.73 Å². The molecule has 0 spiro atoms. The number of methoxy groups -OCH3 is 1. The summed E-state index contributed by atoms with van der Waals surface area (Å²) >= 11 is 0. The maximum absolute atomic E-state index is 12.0. The summed E-state index contributed by atoms with van der Waals surface area (Å²) in [6.45, 7) is 4.35. The number of amides is 2. The van der Waals surface area contributed by atoms with Crippen molar-refractivity contribution in [2.45, 2.75) is 25.8 Å². The molecular formula is C12H24ClN3O3. The highest BCUT2D eigenvalue weighted by molar-refractivity contribution is 5.88. The molecule has 1 heterocycles. The number of nitrogens with zero attached hydrogens (tertiary/aromatic N) is 2. The second-order valence-electron chi connectivity index (χ2n) is 4.53. The first-order chi connectivity index (χ1) is 8.60. The molecule has 0 aromatic carbocycles. The number of nitrogens with two attached hydrogens (primary N) is 1. The van der Waals surface area contributed by atoms with Gasteiger partial charge in [-0.25, -0.2) is 0 Å². The summed E-state index contributed by atoms with van der Waals surface area (Å²) in [6, 6.07) is -0.478. The molecule has 1 atom stereocenters. The first-order valence-electron chi connectivity index (χ1n) is 6.41. The van der Waals surface area contributed by atoms with Gasteiger partial charge in [-0.05, 0) is 6.42 Å². The number of rotatable bonds is 6. The van der Waals surface area contributed by atoms with Gasteiger partial charge in [0.05, 0.1) is 19.2 Å². The van der Waals surface area contributed by atoms with Gasteiger partial charge in [-0.3, -0.25) is 9.59 Å². The number of halogens is 1. The first kappa shape index (κ1) is 18.1. The second kappa shape index (κ2) is 9.12. The quantitative estimate of drug-likeness (QED) is 0.739. The van der Waals surface area contributed by atoms with Crippen LogP contribution >= 0.6 is 12.4 Å². The molecule has 1 saturated heterocycles. The zero-order valence-electron chi connectivity index (χ0n) is 11.6. The molecule has 0 bridgehead atoms. The summed E-state index contributed by atoms with van der Waals surface area (Å²) < 4.78 is 4.94. The molecule has 0 aliphatic carbocycles. The highest BCUT2D eigenvalue weighted by Crippen LogP contribution is 2.07. The van der Waals surface area contributed by atoms with E-state index in [1.54, 1.807) is 16.9 Å². The van der Waals surface area contributed by atoms with Crippen molar-refractivity contribution >= 4 is 24.2 Å². The van der Waals surface area contributed by atoms with Crippen molar-refractivity contribution in [3.8, 4) is 0 Å². The monoisotopic (exact) mass is 293 g/mol. The molecule has 0 radical (unpaired) electrons. The summed E-state index contributed by atoms with van der Waals surface area (Å²) in [7, 11) is 1.61. The summed E-state index contributed by atoms with van der Waals surface area (Å²) in [4.78, 5) is 27.1. The van der Waals surface area contributed by atoms with E-state index in [-0.39, 0.29) is 30.8 Å². The molecule has 1 aliphatic heterocycles. The Hall–Kier alpha value is -0.850. The average Bonchev–Trinajstić information content (AvgIpc) is 2.36. The van der Waals surface area contributed by atoms with Gasteiger partial charge < -0.3 is 20.3 Å². The van der Waals surface area contributed by atoms with Crippen LogP contribution in [0.3, 0.4) is 0 Å². The van der Waals surface area contributed by atoms with E-state index in [9.17, 15) is 9.59 Å². The number of ether oxygens (including phenoxy) is 1. The van der Waals surface area contributed by atoms with Crippen LogP contribution in [-0.2, 0) is 14.3 Å². The minimum atomic E-state index is -0.478. The van der Waals surface area contributed by atoms with Crippen molar-refractivity contribution in [3.63, 3.8) is 0 Å². The van der Waals surface area contributed by atoms with E-state index in [0.717, 1.165) is 6.42 Å². The average molecular weight is 294 g/mol. The maximum atomic E-state index is 12.0. The molecule has 19 heavy (non-hydrogen) atoms. The van der Waals surface area contributed by atoms with Gasteiger partial charge in [-0.2, -0.15) is 0 Å². The number of hydrogen-bond donors (Lipinski definition) is 1. The number of piperazine rings is 1. The highest BCUT2D eigenvalue weighted by atomic mass is 35.5. The van der Waals surface area contributed by atoms with Gasteiger partial charge in [0.25, 0.3) is 0 Å². The Morgan fingerprint density at radius 1 is 1.47 bits per heavy atom. The van der Waals surface area contributed by atoms with Gasteiger partial charge in [0.2, 0.25) is 11.8 Å². The van der Waals surface area contributed by atoms with Gasteiger partial charge in [0, 0.05) is 26.7 Å². The Kier molecular flexibility index (Phi) is 8.71. The lowest BCUT2D eigenvalue weighted by Gasteiger charge is -2.35. The normalized spacial score (nSPS) is 17.1. The molecule has 2 N–H and O–H groups in total. The predicted molar refractivity (Wildman–Crippen MR) is 75.2 cm³/mol. The van der Waals surface area contributed by atoms with Crippen LogP contribution in [0.25, 0.3) is 0 Å². The van der Waals surface area contributed by atoms with Crippen LogP contribution in [0.1, 0.15) is 19.8 Å². The predicted octanol–water partition coefficient (Wildman–Crippen LogP) is -0.147. The number of carbonyl (C=O) groups is 2. The van der Waals surface area contributed by atoms with E-state index in [1.165, 1.54) is 0 Å². The zero-order chi connectivity index (χ0) is 13.5. The van der Waals surface area contributed by atoms with Crippen molar-refractivity contribution in [2.24, 2.45) is 5.73 Å². The van der Waals surface area contributed by atoms with Crippen LogP contribution in [0.4, 0.5) is 0 Å². The summed E-state index contributed by atoms with van der Waals surface area (Å²) in [5.41, 5.74) is 5.78. The molecule has 0 saturated carbocycles. The summed E-state index contributed by atoms with van der Waals surface area (Å²) in [6.07, 6.45) is 1.53. The van der Waals surface area contributed by atoms with Crippen molar-refractivity contribution < 1.29 is 14.3 Å². The first-order valence-corrected chi connectivity index (χ1v) is 6.41. The van der Waals surface area contributed by atoms with Crippen molar-refractivity contribution in [2.75, 3.05) is 39.9 Å². The fourth-order valence-corrected chi connectivity index (χ4v) is 2.00. The largest absolute Gasteiger partial charge is 0.383 e. The number of carbonyl (C=O) groups excluding carboxylic acids is 2. The van der Waals surface area contributed by atoms with Gasteiger partial charge in [0.1, 0.15) is 0 Å². The molecule has 0 aromatic heterocycles. The molecule has 1 aliphatic rings. The van der Waals surface area contributed by atoms with E-state index >= 15 is 0 Å². The zero-order valence-corrected chi connectivity index (χ0v) is 12.4. The van der Waals surface area contributed by atoms with Gasteiger partial charge in [0.15, 0.2) is 0 Å². The van der Waals surface area contributed by atoms with Crippen molar-refractivity contribution in [1.29, 1.82) is 0 Å². The van der Waals surface area contributed by atoms with Crippen LogP contribution in [0.2, 0.25) is 0 Å². The minimum Gasteiger partial charge on any atom is -0.383 e. The van der Waals surface area contributed by atoms with Crippen LogP contribution in [0.15, 0.2) is 0 Å². The second-order valence-corrected chi connectivity index (χ2v) is 4.53. The Labute approximate surface area is 120 Å². The molecule has 112 valence electrons. The Morgan fingerprint density at radius 2 is 2.16 bits per heavy atom. The Morgan fingerprint density at radius 3 is 2.68 bits per heavy atom. The standard InChI is InChI=1S/C12H23N3O3.ClH/c1-3-4-10(13)12(17)15-6-5-14(7-8-18-2)11(16)9-15;/h10H,3-9,13H2,1-2H3;1H. The third-order valence-corrected chi connectivity index (χ3v) is 3.11. The minimum absolute atomic E-state index is 0. The molecule has 1 fully saturated rings. The van der Waals surface area contributed by atoms with Gasteiger partial charge >= 0.3 is 0 Å². The highest BCUT2D eigenvalue weighted by Gasteiger charge is 2.29. The van der Waals surface area contributed by atoms with Crippen LogP contribution in [0.5, 0.6) is 0 Å². The maximum Gasteiger partial charge on any atom is 0.242 e. The molecule has 1 rings (SSSR count). The molecular weight excluding hydrogens is 270 g/mol. The number of hydrogen-bond acceptors (Lipinski definition) is 4. The van der Waals surface area contributed by atoms with Crippen LogP contribution in [-0.4, -0.2) is 67.6 Å². The smallest absolute Gasteiger partial charge is 0.242 e. The van der Waals surface area contributed by atoms with Gasteiger partial charge in [-0.15, -0.1) is 12.4 Å². The lowest BCUT2D eigenvalue weighted by atomic mass is 10.1. The van der Waals surface area contributed by atoms with E-state index in [2.05, 4.69) is 0 Å². The summed E-state index contributed by atoms with van der Waals surface area (Å²) in [5.74, 6) is -0.146. The SMILES string of the molecule is CCCC(N)C(=O)N1CCN(CCOC)C(=O)C1.Cl. The third kappa shape index (κ3) is 5.34. The van der Waals surface area contributed by atoms with E-state index in [4.69, 9.17) is 10.5 Å². The lowest BCUT2D eigenvalue weighted by Crippen LogP contribution is -2.56. The molecule has 1 unspecified atom stereocenters. The summed E-state index contributed by atoms with van der Waals surface area (Å²) in [5, 5.41) is 0. The van der Waals surface area contributed by atoms with Crippen molar-refractivity contribution in [3.05, 3.63) is 0 Å². The fraction of sp³-hybridized carbons (Fsp3) is 0.833. The Bertz CT molecular complexity index is 302.